The van der Waals surface area contributed by atoms with Gasteiger partial charge in [0.15, 0.2) is 11.3 Å². The number of aliphatic hydroxyl groups is 1. The molecule has 0 saturated heterocycles. The van der Waals surface area contributed by atoms with Crippen molar-refractivity contribution < 1.29 is 29.3 Å². The van der Waals surface area contributed by atoms with E-state index in [0.717, 1.165) is 71.9 Å². The zero-order valence-corrected chi connectivity index (χ0v) is 32.4. The minimum absolute atomic E-state index is 0.131. The SMILES string of the molecule is O=COc1ccc2c(c1)C1(Nc3cccc4ccc(C5=C(O)C(=c6ccc7cccc8c7c6=NC6(N8)c7ccccc7-c7ccc(C(=O)O)cc76)C5=O)c(c34)N1)c1ccccc1-2. The second-order valence-electron chi connectivity index (χ2n) is 16.2. The Labute approximate surface area is 351 Å². The first-order chi connectivity index (χ1) is 30.3. The van der Waals surface area contributed by atoms with E-state index in [-0.39, 0.29) is 28.3 Å². The van der Waals surface area contributed by atoms with Crippen molar-refractivity contribution in [3.05, 3.63) is 195 Å². The van der Waals surface area contributed by atoms with E-state index in [4.69, 9.17) is 9.73 Å². The molecule has 2 atom stereocenters. The largest absolute Gasteiger partial charge is 0.506 e. The molecule has 2 aliphatic heterocycles. The molecule has 10 nitrogen and oxygen atoms in total. The van der Waals surface area contributed by atoms with Crippen LogP contribution in [0, 0.1) is 0 Å². The molecule has 62 heavy (non-hydrogen) atoms. The summed E-state index contributed by atoms with van der Waals surface area (Å²) in [6, 6.07) is 46.1. The van der Waals surface area contributed by atoms with Gasteiger partial charge in [-0.3, -0.25) is 9.59 Å². The molecule has 0 amide bonds. The Bertz CT molecular complexity index is 3650. The highest BCUT2D eigenvalue weighted by molar-refractivity contribution is 6.52. The van der Waals surface area contributed by atoms with Gasteiger partial charge in [-0.15, -0.1) is 0 Å². The smallest absolute Gasteiger partial charge is 0.335 e. The minimum Gasteiger partial charge on any atom is -0.506 e. The van der Waals surface area contributed by atoms with Gasteiger partial charge >= 0.3 is 5.97 Å². The first-order valence-corrected chi connectivity index (χ1v) is 20.2. The van der Waals surface area contributed by atoms with Crippen LogP contribution in [0.25, 0.3) is 54.9 Å². The van der Waals surface area contributed by atoms with Gasteiger partial charge in [-0.1, -0.05) is 109 Å². The van der Waals surface area contributed by atoms with Crippen LogP contribution in [0.5, 0.6) is 5.75 Å². The van der Waals surface area contributed by atoms with Crippen LogP contribution in [0.3, 0.4) is 0 Å². The summed E-state index contributed by atoms with van der Waals surface area (Å²) in [5.74, 6) is -1.15. The zero-order valence-electron chi connectivity index (χ0n) is 32.4. The number of ketones is 1. The Morgan fingerprint density at radius 2 is 1.27 bits per heavy atom. The van der Waals surface area contributed by atoms with Crippen LogP contribution in [-0.2, 0) is 20.9 Å². The molecule has 5 aliphatic rings. The van der Waals surface area contributed by atoms with Crippen molar-refractivity contribution in [3.8, 4) is 28.0 Å². The number of nitrogens with one attached hydrogen (secondary N) is 3. The summed E-state index contributed by atoms with van der Waals surface area (Å²) in [6.07, 6.45) is 0. The number of ether oxygens (including phenoxy) is 1. The maximum Gasteiger partial charge on any atom is 0.335 e. The van der Waals surface area contributed by atoms with Gasteiger partial charge in [-0.25, -0.2) is 9.79 Å². The van der Waals surface area contributed by atoms with Gasteiger partial charge in [0, 0.05) is 55.2 Å². The molecule has 294 valence electrons. The minimum atomic E-state index is -1.22. The van der Waals surface area contributed by atoms with Gasteiger partial charge in [-0.2, -0.15) is 0 Å². The number of hydrogen-bond donors (Lipinski definition) is 5. The van der Waals surface area contributed by atoms with Crippen molar-refractivity contribution in [1.29, 1.82) is 0 Å². The molecule has 13 rings (SSSR count). The standard InChI is InChI=1S/C52H30N4O6/c57-25-62-29-18-22-33-31-10-2-4-12-37(31)52(39(33)24-29)54-41-14-6-8-27-16-21-35(47(56-52)43(27)41)45-48(58)44(49(45)59)34-20-15-26-7-5-13-40-42(26)46(34)55-51(53-40)36-11-3-1-9-30(36)32-19-17-28(50(60)61)23-38(32)51/h1-25,53-54,56,58H,(H,60,61). The van der Waals surface area contributed by atoms with Crippen LogP contribution in [0.1, 0.15) is 38.2 Å². The third-order valence-corrected chi connectivity index (χ3v) is 13.2. The zero-order chi connectivity index (χ0) is 41.6. The fourth-order valence-corrected chi connectivity index (χ4v) is 10.6. The van der Waals surface area contributed by atoms with E-state index in [1.165, 1.54) is 0 Å². The number of carbonyl (C=O) groups is 3. The summed E-state index contributed by atoms with van der Waals surface area (Å²) < 4.78 is 5.34. The van der Waals surface area contributed by atoms with Gasteiger partial charge in [0.25, 0.3) is 6.47 Å². The number of anilines is 3. The number of hydrogen-bond acceptors (Lipinski definition) is 9. The Balaban J connectivity index is 1.05. The number of allylic oxidation sites excluding steroid dienone is 2. The summed E-state index contributed by atoms with van der Waals surface area (Å²) in [4.78, 5) is 44.3. The quantitative estimate of drug-likeness (QED) is 0.110. The Morgan fingerprint density at radius 1 is 0.613 bits per heavy atom. The van der Waals surface area contributed by atoms with Crippen LogP contribution < -0.4 is 31.3 Å². The van der Waals surface area contributed by atoms with Crippen molar-refractivity contribution in [3.63, 3.8) is 0 Å². The number of rotatable bonds is 4. The molecule has 0 aromatic heterocycles. The van der Waals surface area contributed by atoms with E-state index in [9.17, 15) is 24.6 Å². The normalized spacial score (nSPS) is 20.0. The highest BCUT2D eigenvalue weighted by atomic mass is 16.5. The van der Waals surface area contributed by atoms with Crippen LogP contribution in [0.15, 0.2) is 156 Å². The topological polar surface area (TPSA) is 149 Å². The number of Topliss-reactive ketones (excluding diaryl/α,β-unsaturated/α-hetero) is 1. The van der Waals surface area contributed by atoms with Gasteiger partial charge in [0.2, 0.25) is 5.78 Å². The third-order valence-electron chi connectivity index (χ3n) is 13.2. The molecule has 8 aromatic carbocycles. The first kappa shape index (κ1) is 34.4. The number of aromatic carboxylic acids is 1. The number of nitrogens with zero attached hydrogens (tertiary/aromatic N) is 1. The lowest BCUT2D eigenvalue weighted by Gasteiger charge is -2.41. The van der Waals surface area contributed by atoms with E-state index in [0.29, 0.717) is 39.6 Å². The van der Waals surface area contributed by atoms with E-state index < -0.39 is 17.3 Å². The average Bonchev–Trinajstić information content (AvgIpc) is 3.70. The number of benzene rings is 8. The fraction of sp³-hybridized carbons (Fsp3) is 0.0385. The van der Waals surface area contributed by atoms with Crippen LogP contribution in [0.4, 0.5) is 17.1 Å². The molecule has 3 aliphatic carbocycles. The lowest BCUT2D eigenvalue weighted by molar-refractivity contribution is -0.120. The highest BCUT2D eigenvalue weighted by Gasteiger charge is 2.49. The fourth-order valence-electron chi connectivity index (χ4n) is 10.6. The van der Waals surface area contributed by atoms with E-state index in [1.54, 1.807) is 18.2 Å². The lowest BCUT2D eigenvalue weighted by atomic mass is 9.79. The van der Waals surface area contributed by atoms with Crippen molar-refractivity contribution in [1.82, 2.24) is 0 Å². The van der Waals surface area contributed by atoms with Crippen molar-refractivity contribution in [2.75, 3.05) is 16.0 Å². The van der Waals surface area contributed by atoms with Crippen molar-refractivity contribution in [2.24, 2.45) is 4.99 Å². The van der Waals surface area contributed by atoms with E-state index >= 15 is 0 Å². The van der Waals surface area contributed by atoms with Crippen molar-refractivity contribution in [2.45, 2.75) is 11.3 Å². The van der Waals surface area contributed by atoms with Gasteiger partial charge < -0.3 is 30.9 Å². The lowest BCUT2D eigenvalue weighted by Crippen LogP contribution is -2.45. The molecule has 0 fully saturated rings. The maximum atomic E-state index is 15.0. The molecule has 0 radical (unpaired) electrons. The number of aliphatic hydroxyl groups excluding tert-OH is 1. The monoisotopic (exact) mass is 806 g/mol. The predicted octanol–water partition coefficient (Wildman–Crippen LogP) is 8.58. The van der Waals surface area contributed by atoms with Gasteiger partial charge in [0.05, 0.1) is 27.8 Å². The molecule has 2 heterocycles. The highest BCUT2D eigenvalue weighted by Crippen LogP contribution is 2.56. The summed E-state index contributed by atoms with van der Waals surface area (Å²) >= 11 is 0. The molecule has 2 spiro atoms. The van der Waals surface area contributed by atoms with E-state index in [2.05, 4.69) is 28.1 Å². The number of fused-ring (bicyclic) bond motifs is 10. The van der Waals surface area contributed by atoms with Gasteiger partial charge in [-0.05, 0) is 69.4 Å². The summed E-state index contributed by atoms with van der Waals surface area (Å²) in [5, 5.41) is 38.2. The molecular weight excluding hydrogens is 777 g/mol. The average molecular weight is 807 g/mol. The van der Waals surface area contributed by atoms with Crippen LogP contribution in [-0.4, -0.2) is 28.4 Å². The van der Waals surface area contributed by atoms with Crippen LogP contribution in [0.2, 0.25) is 0 Å². The Morgan fingerprint density at radius 3 is 2.05 bits per heavy atom. The summed E-state index contributed by atoms with van der Waals surface area (Å²) in [6.45, 7) is 0.410. The molecular formula is C52H30N4O6. The first-order valence-electron chi connectivity index (χ1n) is 20.2. The molecule has 10 heteroatoms. The van der Waals surface area contributed by atoms with Crippen molar-refractivity contribution >= 4 is 68.0 Å². The third kappa shape index (κ3) is 4.22. The van der Waals surface area contributed by atoms with Crippen LogP contribution >= 0.6 is 0 Å². The molecule has 0 bridgehead atoms. The Hall–Kier alpha value is -8.50. The summed E-state index contributed by atoms with van der Waals surface area (Å²) in [5.41, 5.74) is 8.03. The molecule has 0 saturated carbocycles. The Kier molecular flexibility index (Phi) is 6.56. The number of carboxylic acid groups (broad SMARTS) is 1. The number of carbonyl (C=O) groups excluding carboxylic acids is 2. The van der Waals surface area contributed by atoms with Gasteiger partial charge in [0.1, 0.15) is 11.5 Å². The predicted molar refractivity (Wildman–Crippen MR) is 236 cm³/mol. The maximum absolute atomic E-state index is 15.0. The number of carboxylic acids is 1. The molecule has 8 aromatic rings. The van der Waals surface area contributed by atoms with E-state index in [1.807, 2.05) is 115 Å². The second kappa shape index (κ2) is 11.8. The second-order valence-corrected chi connectivity index (χ2v) is 16.2. The molecule has 5 N–H and O–H groups in total. The molecule has 2 unspecified atom stereocenters. The summed E-state index contributed by atoms with van der Waals surface area (Å²) in [7, 11) is 0.